The number of nitrogens with zero attached hydrogens (tertiary/aromatic N) is 1. The summed E-state index contributed by atoms with van der Waals surface area (Å²) in [6, 6.07) is 23.4. The normalized spacial score (nSPS) is 11.4. The molecule has 0 aliphatic rings. The molecule has 0 fully saturated rings. The van der Waals surface area contributed by atoms with Gasteiger partial charge in [0, 0.05) is 48.3 Å². The standard InChI is InChI=1S/C27H27ClN4O3S/c28-22-9-12-24-25(14-15-29-26(24)18-22)30-16-17-31-27(33)13-8-20-6-10-23(11-7-20)36(34,35)32-19-21-4-2-1-3-5-21/h1-7,9-12,14-15,18,32H,8,13,16-17,19H2,(H,29,30)(H,31,33). The van der Waals surface area contributed by atoms with Crippen LogP contribution >= 0.6 is 11.6 Å². The molecule has 9 heteroatoms. The highest BCUT2D eigenvalue weighted by atomic mass is 35.5. The third-order valence-electron chi connectivity index (χ3n) is 5.65. The Hall–Kier alpha value is -3.46. The van der Waals surface area contributed by atoms with Crippen molar-refractivity contribution in [3.8, 4) is 0 Å². The van der Waals surface area contributed by atoms with E-state index >= 15 is 0 Å². The van der Waals surface area contributed by atoms with Gasteiger partial charge in [-0.2, -0.15) is 0 Å². The van der Waals surface area contributed by atoms with Crippen molar-refractivity contribution < 1.29 is 13.2 Å². The van der Waals surface area contributed by atoms with Crippen LogP contribution in [0.3, 0.4) is 0 Å². The van der Waals surface area contributed by atoms with Gasteiger partial charge in [-0.05, 0) is 53.9 Å². The van der Waals surface area contributed by atoms with Crippen LogP contribution in [-0.2, 0) is 27.8 Å². The number of aromatic nitrogens is 1. The molecule has 4 rings (SSSR count). The summed E-state index contributed by atoms with van der Waals surface area (Å²) in [4.78, 5) is 16.8. The molecule has 186 valence electrons. The summed E-state index contributed by atoms with van der Waals surface area (Å²) in [5, 5.41) is 7.82. The van der Waals surface area contributed by atoms with Crippen molar-refractivity contribution >= 4 is 44.1 Å². The molecule has 0 radical (unpaired) electrons. The maximum Gasteiger partial charge on any atom is 0.240 e. The van der Waals surface area contributed by atoms with Crippen LogP contribution in [0.15, 0.2) is 90.0 Å². The van der Waals surface area contributed by atoms with Crippen molar-refractivity contribution in [3.05, 3.63) is 101 Å². The lowest BCUT2D eigenvalue weighted by Crippen LogP contribution is -2.29. The van der Waals surface area contributed by atoms with Crippen molar-refractivity contribution in [2.75, 3.05) is 18.4 Å². The summed E-state index contributed by atoms with van der Waals surface area (Å²) < 4.78 is 27.7. The van der Waals surface area contributed by atoms with E-state index in [0.717, 1.165) is 27.7 Å². The first-order valence-corrected chi connectivity index (χ1v) is 13.4. The van der Waals surface area contributed by atoms with Crippen LogP contribution in [0, 0.1) is 0 Å². The lowest BCUT2D eigenvalue weighted by atomic mass is 10.1. The van der Waals surface area contributed by atoms with Gasteiger partial charge >= 0.3 is 0 Å². The zero-order valence-corrected chi connectivity index (χ0v) is 21.1. The Bertz CT molecular complexity index is 1430. The number of pyridine rings is 1. The summed E-state index contributed by atoms with van der Waals surface area (Å²) in [5.41, 5.74) is 3.52. The number of hydrogen-bond acceptors (Lipinski definition) is 5. The number of halogens is 1. The summed E-state index contributed by atoms with van der Waals surface area (Å²) >= 11 is 6.03. The molecule has 1 heterocycles. The molecule has 0 bridgehead atoms. The van der Waals surface area contributed by atoms with Crippen LogP contribution in [0.25, 0.3) is 10.9 Å². The van der Waals surface area contributed by atoms with Crippen LogP contribution in [0.1, 0.15) is 17.5 Å². The van der Waals surface area contributed by atoms with Gasteiger partial charge in [0.05, 0.1) is 10.4 Å². The van der Waals surface area contributed by atoms with E-state index in [2.05, 4.69) is 20.3 Å². The van der Waals surface area contributed by atoms with Crippen molar-refractivity contribution in [1.29, 1.82) is 0 Å². The Balaban J connectivity index is 1.20. The smallest absolute Gasteiger partial charge is 0.240 e. The number of anilines is 1. The molecular formula is C27H27ClN4O3S. The maximum atomic E-state index is 12.5. The van der Waals surface area contributed by atoms with E-state index in [1.165, 1.54) is 0 Å². The zero-order valence-electron chi connectivity index (χ0n) is 19.6. The van der Waals surface area contributed by atoms with E-state index in [0.29, 0.717) is 31.0 Å². The SMILES string of the molecule is O=C(CCc1ccc(S(=O)(=O)NCc2ccccc2)cc1)NCCNc1ccnc2cc(Cl)ccc12. The number of fused-ring (bicyclic) bond motifs is 1. The molecule has 0 aliphatic carbocycles. The number of aryl methyl sites for hydroxylation is 1. The van der Waals surface area contributed by atoms with E-state index in [-0.39, 0.29) is 17.3 Å². The average Bonchev–Trinajstić information content (AvgIpc) is 2.89. The number of hydrogen-bond donors (Lipinski definition) is 3. The minimum absolute atomic E-state index is 0.0654. The summed E-state index contributed by atoms with van der Waals surface area (Å²) in [6.45, 7) is 1.27. The number of amides is 1. The Morgan fingerprint density at radius 1 is 0.889 bits per heavy atom. The third kappa shape index (κ3) is 7.04. The number of nitrogens with one attached hydrogen (secondary N) is 3. The monoisotopic (exact) mass is 522 g/mol. The number of sulfonamides is 1. The topological polar surface area (TPSA) is 100 Å². The highest BCUT2D eigenvalue weighted by Gasteiger charge is 2.13. The number of benzene rings is 3. The molecule has 4 aromatic rings. The molecule has 7 nitrogen and oxygen atoms in total. The third-order valence-corrected chi connectivity index (χ3v) is 7.30. The van der Waals surface area contributed by atoms with Crippen molar-refractivity contribution in [2.24, 2.45) is 0 Å². The minimum atomic E-state index is -3.61. The fraction of sp³-hybridized carbons (Fsp3) is 0.185. The van der Waals surface area contributed by atoms with E-state index in [4.69, 9.17) is 11.6 Å². The van der Waals surface area contributed by atoms with E-state index in [1.807, 2.05) is 54.6 Å². The second-order valence-electron chi connectivity index (χ2n) is 8.25. The molecule has 3 aromatic carbocycles. The van der Waals surface area contributed by atoms with Crippen molar-refractivity contribution in [2.45, 2.75) is 24.3 Å². The largest absolute Gasteiger partial charge is 0.383 e. The predicted octanol–water partition coefficient (Wildman–Crippen LogP) is 4.53. The molecule has 0 aliphatic heterocycles. The average molecular weight is 523 g/mol. The summed E-state index contributed by atoms with van der Waals surface area (Å²) in [6.07, 6.45) is 2.55. The number of rotatable bonds is 11. The van der Waals surface area contributed by atoms with E-state index in [1.54, 1.807) is 30.5 Å². The van der Waals surface area contributed by atoms with Gasteiger partial charge in [0.15, 0.2) is 0 Å². The van der Waals surface area contributed by atoms with Gasteiger partial charge in [-0.3, -0.25) is 9.78 Å². The Kier molecular flexibility index (Phi) is 8.53. The van der Waals surface area contributed by atoms with Crippen molar-refractivity contribution in [3.63, 3.8) is 0 Å². The second kappa shape index (κ2) is 12.0. The molecule has 0 saturated heterocycles. The van der Waals surface area contributed by atoms with Crippen LogP contribution in [-0.4, -0.2) is 32.4 Å². The zero-order chi connectivity index (χ0) is 25.4. The summed E-state index contributed by atoms with van der Waals surface area (Å²) in [5.74, 6) is -0.0654. The van der Waals surface area contributed by atoms with Crippen LogP contribution in [0.2, 0.25) is 5.02 Å². The Morgan fingerprint density at radius 2 is 1.67 bits per heavy atom. The fourth-order valence-electron chi connectivity index (χ4n) is 3.71. The van der Waals surface area contributed by atoms with Crippen LogP contribution in [0.5, 0.6) is 0 Å². The molecule has 3 N–H and O–H groups in total. The second-order valence-corrected chi connectivity index (χ2v) is 10.5. The van der Waals surface area contributed by atoms with Gasteiger partial charge in [0.25, 0.3) is 0 Å². The molecular weight excluding hydrogens is 496 g/mol. The lowest BCUT2D eigenvalue weighted by molar-refractivity contribution is -0.120. The molecule has 0 atom stereocenters. The Morgan fingerprint density at radius 3 is 2.44 bits per heavy atom. The first-order chi connectivity index (χ1) is 17.4. The molecule has 1 aromatic heterocycles. The van der Waals surface area contributed by atoms with Gasteiger partial charge in [0.2, 0.25) is 15.9 Å². The first kappa shape index (κ1) is 25.6. The van der Waals surface area contributed by atoms with Gasteiger partial charge in [0.1, 0.15) is 0 Å². The highest BCUT2D eigenvalue weighted by Crippen LogP contribution is 2.24. The highest BCUT2D eigenvalue weighted by molar-refractivity contribution is 7.89. The maximum absolute atomic E-state index is 12.5. The number of carbonyl (C=O) groups excluding carboxylic acids is 1. The van der Waals surface area contributed by atoms with Gasteiger partial charge in [-0.1, -0.05) is 54.1 Å². The quantitative estimate of drug-likeness (QED) is 0.251. The molecule has 0 unspecified atom stereocenters. The van der Waals surface area contributed by atoms with Gasteiger partial charge < -0.3 is 10.6 Å². The van der Waals surface area contributed by atoms with Gasteiger partial charge in [-0.25, -0.2) is 13.1 Å². The Labute approximate surface area is 216 Å². The summed E-state index contributed by atoms with van der Waals surface area (Å²) in [7, 11) is -3.61. The molecule has 0 spiro atoms. The predicted molar refractivity (Wildman–Crippen MR) is 143 cm³/mol. The van der Waals surface area contributed by atoms with Crippen LogP contribution in [0.4, 0.5) is 5.69 Å². The fourth-order valence-corrected chi connectivity index (χ4v) is 4.90. The first-order valence-electron chi connectivity index (χ1n) is 11.6. The molecule has 1 amide bonds. The lowest BCUT2D eigenvalue weighted by Gasteiger charge is -2.11. The number of carbonyl (C=O) groups is 1. The van der Waals surface area contributed by atoms with Gasteiger partial charge in [-0.15, -0.1) is 0 Å². The van der Waals surface area contributed by atoms with Crippen molar-refractivity contribution in [1.82, 2.24) is 15.0 Å². The van der Waals surface area contributed by atoms with E-state index in [9.17, 15) is 13.2 Å². The van der Waals surface area contributed by atoms with E-state index < -0.39 is 10.0 Å². The minimum Gasteiger partial charge on any atom is -0.383 e. The molecule has 36 heavy (non-hydrogen) atoms. The molecule has 0 saturated carbocycles. The van der Waals surface area contributed by atoms with Crippen LogP contribution < -0.4 is 15.4 Å².